The lowest BCUT2D eigenvalue weighted by atomic mass is 10.1. The molecule has 2 amide bonds. The fourth-order valence-corrected chi connectivity index (χ4v) is 3.35. The molecule has 0 fully saturated rings. The average Bonchev–Trinajstić information content (AvgIpc) is 3.12. The summed E-state index contributed by atoms with van der Waals surface area (Å²) in [6.45, 7) is 2.21. The van der Waals surface area contributed by atoms with E-state index in [1.807, 2.05) is 60.7 Å². The lowest BCUT2D eigenvalue weighted by Crippen LogP contribution is -2.19. The van der Waals surface area contributed by atoms with E-state index in [0.717, 1.165) is 11.1 Å². The quantitative estimate of drug-likeness (QED) is 0.336. The van der Waals surface area contributed by atoms with E-state index in [1.165, 1.54) is 12.1 Å². The van der Waals surface area contributed by atoms with Gasteiger partial charge in [-0.3, -0.25) is 14.9 Å². The summed E-state index contributed by atoms with van der Waals surface area (Å²) in [5, 5.41) is 2.29. The fourth-order valence-electron chi connectivity index (χ4n) is 3.35. The first-order chi connectivity index (χ1) is 16.2. The molecule has 0 saturated heterocycles. The molecule has 1 aliphatic rings. The van der Waals surface area contributed by atoms with E-state index >= 15 is 0 Å². The molecule has 170 valence electrons. The first kappa shape index (κ1) is 22.5. The standard InChI is InChI=1S/C26H25NO6/c28-25-21-15-23(32-13-11-30-17-19-7-3-1-4-8-19)24(16-22(21)26(29)27-25)33-14-12-31-18-20-9-5-2-6-10-20/h1-10,15-16H,11-14,17-18H2,(H,27,28,29). The lowest BCUT2D eigenvalue weighted by Gasteiger charge is -2.14. The lowest BCUT2D eigenvalue weighted by molar-refractivity contribution is 0.0804. The molecule has 0 aromatic heterocycles. The van der Waals surface area contributed by atoms with Crippen LogP contribution in [0.25, 0.3) is 0 Å². The summed E-state index contributed by atoms with van der Waals surface area (Å²) in [5.41, 5.74) is 2.69. The number of hydrogen-bond acceptors (Lipinski definition) is 6. The number of nitrogens with one attached hydrogen (secondary N) is 1. The van der Waals surface area contributed by atoms with Crippen LogP contribution < -0.4 is 14.8 Å². The second kappa shape index (κ2) is 11.3. The second-order valence-corrected chi connectivity index (χ2v) is 7.40. The third-order valence-electron chi connectivity index (χ3n) is 4.99. The fraction of sp³-hybridized carbons (Fsp3) is 0.231. The van der Waals surface area contributed by atoms with Gasteiger partial charge in [-0.25, -0.2) is 0 Å². The smallest absolute Gasteiger partial charge is 0.259 e. The summed E-state index contributed by atoms with van der Waals surface area (Å²) in [6, 6.07) is 22.8. The summed E-state index contributed by atoms with van der Waals surface area (Å²) in [7, 11) is 0. The van der Waals surface area contributed by atoms with E-state index < -0.39 is 11.8 Å². The van der Waals surface area contributed by atoms with Crippen LogP contribution in [0.15, 0.2) is 72.8 Å². The molecular formula is C26H25NO6. The zero-order chi connectivity index (χ0) is 22.9. The first-order valence-corrected chi connectivity index (χ1v) is 10.7. The minimum Gasteiger partial charge on any atom is -0.487 e. The molecule has 1 aliphatic heterocycles. The largest absolute Gasteiger partial charge is 0.487 e. The third-order valence-corrected chi connectivity index (χ3v) is 4.99. The Morgan fingerprint density at radius 1 is 0.576 bits per heavy atom. The van der Waals surface area contributed by atoms with Crippen molar-refractivity contribution in [2.45, 2.75) is 13.2 Å². The molecule has 1 N–H and O–H groups in total. The van der Waals surface area contributed by atoms with Crippen molar-refractivity contribution in [1.82, 2.24) is 5.32 Å². The number of hydrogen-bond donors (Lipinski definition) is 1. The van der Waals surface area contributed by atoms with Crippen LogP contribution in [0.5, 0.6) is 11.5 Å². The van der Waals surface area contributed by atoms with Crippen LogP contribution in [0, 0.1) is 0 Å². The van der Waals surface area contributed by atoms with Crippen molar-refractivity contribution in [3.63, 3.8) is 0 Å². The van der Waals surface area contributed by atoms with Crippen molar-refractivity contribution < 1.29 is 28.5 Å². The number of carbonyl (C=O) groups excluding carboxylic acids is 2. The second-order valence-electron chi connectivity index (χ2n) is 7.40. The van der Waals surface area contributed by atoms with E-state index in [0.29, 0.717) is 37.9 Å². The summed E-state index contributed by atoms with van der Waals surface area (Å²) in [4.78, 5) is 24.1. The highest BCUT2D eigenvalue weighted by Crippen LogP contribution is 2.33. The molecule has 7 nitrogen and oxygen atoms in total. The Morgan fingerprint density at radius 3 is 1.42 bits per heavy atom. The van der Waals surface area contributed by atoms with E-state index in [1.54, 1.807) is 0 Å². The molecule has 3 aromatic carbocycles. The maximum atomic E-state index is 12.0. The molecule has 0 atom stereocenters. The maximum Gasteiger partial charge on any atom is 0.259 e. The highest BCUT2D eigenvalue weighted by Gasteiger charge is 2.29. The molecule has 7 heteroatoms. The molecule has 0 spiro atoms. The molecule has 0 bridgehead atoms. The Hall–Kier alpha value is -3.68. The SMILES string of the molecule is O=C1NC(=O)c2cc(OCCOCc3ccccc3)c(OCCOCc3ccccc3)cc21. The highest BCUT2D eigenvalue weighted by atomic mass is 16.6. The predicted molar refractivity (Wildman–Crippen MR) is 121 cm³/mol. The molecule has 4 rings (SSSR count). The van der Waals surface area contributed by atoms with Crippen molar-refractivity contribution in [1.29, 1.82) is 0 Å². The Morgan fingerprint density at radius 2 is 1.00 bits per heavy atom. The van der Waals surface area contributed by atoms with Gasteiger partial charge in [0.05, 0.1) is 37.6 Å². The van der Waals surface area contributed by atoms with Crippen LogP contribution in [-0.4, -0.2) is 38.2 Å². The molecule has 3 aromatic rings. The number of carbonyl (C=O) groups is 2. The van der Waals surface area contributed by atoms with Crippen LogP contribution >= 0.6 is 0 Å². The maximum absolute atomic E-state index is 12.0. The molecule has 0 aliphatic carbocycles. The summed E-state index contributed by atoms with van der Waals surface area (Å²) in [6.07, 6.45) is 0. The van der Waals surface area contributed by atoms with Crippen LogP contribution in [0.3, 0.4) is 0 Å². The van der Waals surface area contributed by atoms with Gasteiger partial charge in [0.25, 0.3) is 11.8 Å². The minimum atomic E-state index is -0.446. The molecule has 0 unspecified atom stereocenters. The highest BCUT2D eigenvalue weighted by molar-refractivity contribution is 6.21. The number of fused-ring (bicyclic) bond motifs is 1. The van der Waals surface area contributed by atoms with Crippen molar-refractivity contribution in [2.24, 2.45) is 0 Å². The van der Waals surface area contributed by atoms with Gasteiger partial charge in [0, 0.05) is 0 Å². The van der Waals surface area contributed by atoms with Crippen LogP contribution in [0.4, 0.5) is 0 Å². The monoisotopic (exact) mass is 447 g/mol. The van der Waals surface area contributed by atoms with Gasteiger partial charge in [-0.05, 0) is 23.3 Å². The Bertz CT molecular complexity index is 998. The molecule has 0 saturated carbocycles. The van der Waals surface area contributed by atoms with E-state index in [4.69, 9.17) is 18.9 Å². The van der Waals surface area contributed by atoms with Gasteiger partial charge in [0.15, 0.2) is 11.5 Å². The Kier molecular flexibility index (Phi) is 7.68. The van der Waals surface area contributed by atoms with Gasteiger partial charge in [-0.2, -0.15) is 0 Å². The van der Waals surface area contributed by atoms with E-state index in [-0.39, 0.29) is 24.3 Å². The minimum absolute atomic E-state index is 0.266. The van der Waals surface area contributed by atoms with Crippen molar-refractivity contribution in [3.8, 4) is 11.5 Å². The zero-order valence-electron chi connectivity index (χ0n) is 18.1. The van der Waals surface area contributed by atoms with E-state index in [2.05, 4.69) is 5.32 Å². The number of ether oxygens (including phenoxy) is 4. The predicted octanol–water partition coefficient (Wildman–Crippen LogP) is 3.76. The van der Waals surface area contributed by atoms with Gasteiger partial charge in [-0.1, -0.05) is 60.7 Å². The van der Waals surface area contributed by atoms with E-state index in [9.17, 15) is 9.59 Å². The van der Waals surface area contributed by atoms with Gasteiger partial charge in [0.2, 0.25) is 0 Å². The molecule has 1 heterocycles. The Balaban J connectivity index is 1.31. The van der Waals surface area contributed by atoms with Crippen LogP contribution in [0.2, 0.25) is 0 Å². The van der Waals surface area contributed by atoms with Crippen LogP contribution in [0.1, 0.15) is 31.8 Å². The summed E-state index contributed by atoms with van der Waals surface area (Å²) in [5.74, 6) is -0.134. The van der Waals surface area contributed by atoms with Gasteiger partial charge >= 0.3 is 0 Å². The van der Waals surface area contributed by atoms with Crippen LogP contribution in [-0.2, 0) is 22.7 Å². The van der Waals surface area contributed by atoms with Gasteiger partial charge < -0.3 is 18.9 Å². The van der Waals surface area contributed by atoms with Gasteiger partial charge in [0.1, 0.15) is 13.2 Å². The number of rotatable bonds is 12. The molecule has 0 radical (unpaired) electrons. The number of imide groups is 1. The summed E-state index contributed by atoms with van der Waals surface area (Å²) < 4.78 is 23.0. The van der Waals surface area contributed by atoms with Crippen molar-refractivity contribution >= 4 is 11.8 Å². The summed E-state index contributed by atoms with van der Waals surface area (Å²) >= 11 is 0. The van der Waals surface area contributed by atoms with Crippen molar-refractivity contribution in [2.75, 3.05) is 26.4 Å². The molecule has 33 heavy (non-hydrogen) atoms. The molecular weight excluding hydrogens is 422 g/mol. The topological polar surface area (TPSA) is 83.1 Å². The number of amides is 2. The Labute approximate surface area is 192 Å². The van der Waals surface area contributed by atoms with Crippen molar-refractivity contribution in [3.05, 3.63) is 95.1 Å². The normalized spacial score (nSPS) is 12.4. The third kappa shape index (κ3) is 6.19. The number of benzene rings is 3. The average molecular weight is 447 g/mol. The first-order valence-electron chi connectivity index (χ1n) is 10.7. The van der Waals surface area contributed by atoms with Gasteiger partial charge in [-0.15, -0.1) is 0 Å². The zero-order valence-corrected chi connectivity index (χ0v) is 18.1.